The number of nitrogens with zero attached hydrogens (tertiary/aromatic N) is 2. The first kappa shape index (κ1) is 15.6. The van der Waals surface area contributed by atoms with Crippen LogP contribution in [0.5, 0.6) is 5.75 Å². The fourth-order valence-electron chi connectivity index (χ4n) is 2.56. The molecular weight excluding hydrogens is 262 g/mol. The maximum absolute atomic E-state index is 5.30. The third-order valence-electron chi connectivity index (χ3n) is 3.60. The molecule has 2 aromatic rings. The molecule has 0 saturated heterocycles. The second-order valence-electron chi connectivity index (χ2n) is 5.22. The summed E-state index contributed by atoms with van der Waals surface area (Å²) in [7, 11) is 1.71. The largest absolute Gasteiger partial charge is 0.497 e. The Labute approximate surface area is 127 Å². The van der Waals surface area contributed by atoms with E-state index in [4.69, 9.17) is 4.74 Å². The Bertz CT molecular complexity index is 550. The first-order chi connectivity index (χ1) is 10.2. The molecule has 0 fully saturated rings. The van der Waals surface area contributed by atoms with Crippen LogP contribution in [0.25, 0.3) is 0 Å². The van der Waals surface area contributed by atoms with E-state index < -0.39 is 0 Å². The van der Waals surface area contributed by atoms with Crippen LogP contribution in [0.15, 0.2) is 36.7 Å². The summed E-state index contributed by atoms with van der Waals surface area (Å²) in [6.07, 6.45) is 6.09. The van der Waals surface area contributed by atoms with Crippen LogP contribution in [-0.4, -0.2) is 29.5 Å². The lowest BCUT2D eigenvalue weighted by Crippen LogP contribution is -2.33. The first-order valence-electron chi connectivity index (χ1n) is 7.62. The van der Waals surface area contributed by atoms with Gasteiger partial charge in [-0.3, -0.25) is 4.68 Å². The average Bonchev–Trinajstić information content (AvgIpc) is 2.95. The molecule has 0 aliphatic rings. The highest BCUT2D eigenvalue weighted by Gasteiger charge is 2.11. The maximum Gasteiger partial charge on any atom is 0.119 e. The van der Waals surface area contributed by atoms with Crippen LogP contribution in [0.2, 0.25) is 0 Å². The van der Waals surface area contributed by atoms with Crippen molar-refractivity contribution in [1.82, 2.24) is 15.1 Å². The molecule has 0 spiro atoms. The van der Waals surface area contributed by atoms with E-state index in [9.17, 15) is 0 Å². The normalized spacial score (nSPS) is 12.3. The van der Waals surface area contributed by atoms with Crippen LogP contribution in [0, 0.1) is 0 Å². The highest BCUT2D eigenvalue weighted by Crippen LogP contribution is 2.15. The van der Waals surface area contributed by atoms with Crippen molar-refractivity contribution in [3.63, 3.8) is 0 Å². The Balaban J connectivity index is 2.03. The van der Waals surface area contributed by atoms with E-state index >= 15 is 0 Å². The molecule has 1 N–H and O–H groups in total. The van der Waals surface area contributed by atoms with E-state index in [0.29, 0.717) is 6.04 Å². The zero-order valence-electron chi connectivity index (χ0n) is 13.2. The summed E-state index contributed by atoms with van der Waals surface area (Å²) in [4.78, 5) is 0. The van der Waals surface area contributed by atoms with Gasteiger partial charge in [0.05, 0.1) is 13.3 Å². The average molecular weight is 287 g/mol. The minimum absolute atomic E-state index is 0.414. The summed E-state index contributed by atoms with van der Waals surface area (Å²) in [5.74, 6) is 0.918. The van der Waals surface area contributed by atoms with Crippen LogP contribution in [-0.2, 0) is 19.4 Å². The lowest BCUT2D eigenvalue weighted by molar-refractivity contribution is 0.413. The van der Waals surface area contributed by atoms with Crippen molar-refractivity contribution in [2.75, 3.05) is 13.7 Å². The van der Waals surface area contributed by atoms with Crippen molar-refractivity contribution >= 4 is 0 Å². The number of likely N-dealkylation sites (N-methyl/N-ethyl adjacent to an activating group) is 1. The standard InChI is InChI=1S/C17H25N3O/c1-4-18-16(10-15-12-19-20(5-2)13-15)9-14-7-6-8-17(11-14)21-3/h6-8,11-13,16,18H,4-5,9-10H2,1-3H3. The van der Waals surface area contributed by atoms with Crippen molar-refractivity contribution in [1.29, 1.82) is 0 Å². The molecule has 1 unspecified atom stereocenters. The van der Waals surface area contributed by atoms with Crippen molar-refractivity contribution < 1.29 is 4.74 Å². The number of methoxy groups -OCH3 is 1. The number of benzene rings is 1. The number of aromatic nitrogens is 2. The molecule has 0 bridgehead atoms. The Morgan fingerprint density at radius 1 is 1.24 bits per heavy atom. The molecule has 1 aromatic carbocycles. The molecule has 0 aliphatic carbocycles. The van der Waals surface area contributed by atoms with Crippen LogP contribution >= 0.6 is 0 Å². The van der Waals surface area contributed by atoms with E-state index in [2.05, 4.69) is 42.6 Å². The number of hydrogen-bond acceptors (Lipinski definition) is 3. The highest BCUT2D eigenvalue weighted by atomic mass is 16.5. The number of nitrogens with one attached hydrogen (secondary N) is 1. The van der Waals surface area contributed by atoms with Crippen LogP contribution in [0.3, 0.4) is 0 Å². The van der Waals surface area contributed by atoms with Gasteiger partial charge >= 0.3 is 0 Å². The van der Waals surface area contributed by atoms with E-state index in [1.165, 1.54) is 11.1 Å². The maximum atomic E-state index is 5.30. The SMILES string of the molecule is CCNC(Cc1cccc(OC)c1)Cc1cnn(CC)c1. The number of aryl methyl sites for hydroxylation is 1. The topological polar surface area (TPSA) is 39.1 Å². The summed E-state index contributed by atoms with van der Waals surface area (Å²) in [6, 6.07) is 8.71. The lowest BCUT2D eigenvalue weighted by atomic mass is 10.0. The summed E-state index contributed by atoms with van der Waals surface area (Å²) in [5.41, 5.74) is 2.58. The van der Waals surface area contributed by atoms with Crippen molar-refractivity contribution in [2.24, 2.45) is 0 Å². The van der Waals surface area contributed by atoms with Crippen LogP contribution in [0.1, 0.15) is 25.0 Å². The molecule has 0 amide bonds. The minimum Gasteiger partial charge on any atom is -0.497 e. The van der Waals surface area contributed by atoms with Crippen LogP contribution in [0.4, 0.5) is 0 Å². The van der Waals surface area contributed by atoms with Gasteiger partial charge in [-0.1, -0.05) is 19.1 Å². The Morgan fingerprint density at radius 3 is 2.71 bits per heavy atom. The van der Waals surface area contributed by atoms with Gasteiger partial charge in [0.1, 0.15) is 5.75 Å². The predicted octanol–water partition coefficient (Wildman–Crippen LogP) is 2.67. The lowest BCUT2D eigenvalue weighted by Gasteiger charge is -2.17. The van der Waals surface area contributed by atoms with E-state index in [-0.39, 0.29) is 0 Å². The van der Waals surface area contributed by atoms with Gasteiger partial charge in [0, 0.05) is 18.8 Å². The van der Waals surface area contributed by atoms with Gasteiger partial charge in [0.15, 0.2) is 0 Å². The second kappa shape index (κ2) is 7.84. The summed E-state index contributed by atoms with van der Waals surface area (Å²) < 4.78 is 7.27. The number of hydrogen-bond donors (Lipinski definition) is 1. The fourth-order valence-corrected chi connectivity index (χ4v) is 2.56. The van der Waals surface area contributed by atoms with Gasteiger partial charge < -0.3 is 10.1 Å². The summed E-state index contributed by atoms with van der Waals surface area (Å²) in [5, 5.41) is 7.92. The molecule has 114 valence electrons. The molecule has 21 heavy (non-hydrogen) atoms. The molecule has 2 rings (SSSR count). The van der Waals surface area contributed by atoms with Gasteiger partial charge in [-0.25, -0.2) is 0 Å². The quantitative estimate of drug-likeness (QED) is 0.811. The van der Waals surface area contributed by atoms with Crippen molar-refractivity contribution in [2.45, 2.75) is 39.3 Å². The van der Waals surface area contributed by atoms with E-state index in [0.717, 1.165) is 31.7 Å². The summed E-state index contributed by atoms with van der Waals surface area (Å²) >= 11 is 0. The molecule has 0 aliphatic heterocycles. The van der Waals surface area contributed by atoms with Gasteiger partial charge in [-0.2, -0.15) is 5.10 Å². The van der Waals surface area contributed by atoms with Crippen molar-refractivity contribution in [3.05, 3.63) is 47.8 Å². The van der Waals surface area contributed by atoms with E-state index in [1.54, 1.807) is 7.11 Å². The minimum atomic E-state index is 0.414. The zero-order chi connectivity index (χ0) is 15.1. The Morgan fingerprint density at radius 2 is 2.05 bits per heavy atom. The van der Waals surface area contributed by atoms with Gasteiger partial charge in [0.2, 0.25) is 0 Å². The fraction of sp³-hybridized carbons (Fsp3) is 0.471. The smallest absolute Gasteiger partial charge is 0.119 e. The molecule has 4 nitrogen and oxygen atoms in total. The van der Waals surface area contributed by atoms with E-state index in [1.807, 2.05) is 23.0 Å². The molecule has 0 saturated carbocycles. The molecule has 1 atom stereocenters. The predicted molar refractivity (Wildman–Crippen MR) is 85.8 cm³/mol. The van der Waals surface area contributed by atoms with Gasteiger partial charge in [0.25, 0.3) is 0 Å². The van der Waals surface area contributed by atoms with Gasteiger partial charge in [-0.15, -0.1) is 0 Å². The van der Waals surface area contributed by atoms with Crippen molar-refractivity contribution in [3.8, 4) is 5.75 Å². The zero-order valence-corrected chi connectivity index (χ0v) is 13.2. The Hall–Kier alpha value is -1.81. The number of ether oxygens (including phenoxy) is 1. The third kappa shape index (κ3) is 4.60. The molecule has 0 radical (unpaired) electrons. The molecule has 4 heteroatoms. The third-order valence-corrected chi connectivity index (χ3v) is 3.60. The molecule has 1 heterocycles. The second-order valence-corrected chi connectivity index (χ2v) is 5.22. The van der Waals surface area contributed by atoms with Gasteiger partial charge in [-0.05, 0) is 49.6 Å². The highest BCUT2D eigenvalue weighted by molar-refractivity contribution is 5.29. The monoisotopic (exact) mass is 287 g/mol. The molecule has 1 aromatic heterocycles. The number of rotatable bonds is 8. The first-order valence-corrected chi connectivity index (χ1v) is 7.62. The molecular formula is C17H25N3O. The Kier molecular flexibility index (Phi) is 5.81. The summed E-state index contributed by atoms with van der Waals surface area (Å²) in [6.45, 7) is 6.14. The van der Waals surface area contributed by atoms with Crippen LogP contribution < -0.4 is 10.1 Å².